The molecule has 4 heterocycles. The average molecular weight is 715 g/mol. The van der Waals surface area contributed by atoms with Gasteiger partial charge in [0, 0.05) is 29.0 Å². The lowest BCUT2D eigenvalue weighted by molar-refractivity contribution is -0.151. The third kappa shape index (κ3) is 5.50. The minimum absolute atomic E-state index is 0.00843. The van der Waals surface area contributed by atoms with Gasteiger partial charge in [-0.3, -0.25) is 14.4 Å². The second kappa shape index (κ2) is 12.9. The van der Waals surface area contributed by atoms with Crippen LogP contribution in [0.3, 0.4) is 0 Å². The predicted octanol–water partition coefficient (Wildman–Crippen LogP) is 5.07. The van der Waals surface area contributed by atoms with Gasteiger partial charge in [0.15, 0.2) is 13.9 Å². The molecule has 3 aliphatic rings. The molecule has 1 aromatic heterocycles. The van der Waals surface area contributed by atoms with Crippen molar-refractivity contribution in [1.29, 1.82) is 0 Å². The molecule has 8 rings (SSSR count). The van der Waals surface area contributed by atoms with Crippen molar-refractivity contribution >= 4 is 36.6 Å². The minimum Gasteiger partial charge on any atom is -0.432 e. The SMILES string of the molecule is C[C@H]1[C@H]([Si](C)(C)O)[C@@H](CC(=O)N2Cc3ccccc3C[C@H]2CO)O[C@]12C(=O)N(Cc1ccc(-n3ncc4ccccc4c3=O)cc1)c1ccccc12. The first-order valence-corrected chi connectivity index (χ1v) is 20.9. The van der Waals surface area contributed by atoms with E-state index in [9.17, 15) is 24.3 Å². The van der Waals surface area contributed by atoms with E-state index in [1.807, 2.05) is 111 Å². The average Bonchev–Trinajstić information content (AvgIpc) is 3.57. The summed E-state index contributed by atoms with van der Waals surface area (Å²) >= 11 is 0. The molecule has 2 amide bonds. The van der Waals surface area contributed by atoms with Gasteiger partial charge in [0.25, 0.3) is 11.5 Å². The zero-order valence-electron chi connectivity index (χ0n) is 29.5. The zero-order chi connectivity index (χ0) is 36.4. The maximum absolute atomic E-state index is 14.9. The zero-order valence-corrected chi connectivity index (χ0v) is 30.5. The Balaban J connectivity index is 1.08. The molecule has 11 heteroatoms. The molecule has 1 spiro atoms. The Morgan fingerprint density at radius 1 is 0.942 bits per heavy atom. The predicted molar refractivity (Wildman–Crippen MR) is 200 cm³/mol. The van der Waals surface area contributed by atoms with E-state index in [0.29, 0.717) is 24.0 Å². The maximum Gasteiger partial charge on any atom is 0.279 e. The van der Waals surface area contributed by atoms with Crippen LogP contribution in [0.5, 0.6) is 0 Å². The largest absolute Gasteiger partial charge is 0.432 e. The molecule has 5 aromatic rings. The van der Waals surface area contributed by atoms with E-state index in [4.69, 9.17) is 4.74 Å². The third-order valence-electron chi connectivity index (χ3n) is 11.4. The molecule has 0 radical (unpaired) electrons. The van der Waals surface area contributed by atoms with Gasteiger partial charge in [-0.1, -0.05) is 79.7 Å². The Bertz CT molecular complexity index is 2250. The number of amides is 2. The van der Waals surface area contributed by atoms with Gasteiger partial charge in [0.2, 0.25) is 5.91 Å². The number of aliphatic hydroxyl groups excluding tert-OH is 1. The molecule has 4 aromatic carbocycles. The number of fused-ring (bicyclic) bond motifs is 4. The van der Waals surface area contributed by atoms with Crippen molar-refractivity contribution in [2.75, 3.05) is 11.5 Å². The van der Waals surface area contributed by atoms with Crippen molar-refractivity contribution in [3.05, 3.63) is 136 Å². The topological polar surface area (TPSA) is 125 Å². The molecule has 0 saturated carbocycles. The molecule has 2 N–H and O–H groups in total. The Labute approximate surface area is 303 Å². The first-order valence-electron chi connectivity index (χ1n) is 17.9. The van der Waals surface area contributed by atoms with E-state index in [1.165, 1.54) is 4.68 Å². The molecule has 1 fully saturated rings. The minimum atomic E-state index is -3.00. The van der Waals surface area contributed by atoms with E-state index < -0.39 is 31.5 Å². The van der Waals surface area contributed by atoms with Gasteiger partial charge < -0.3 is 24.4 Å². The van der Waals surface area contributed by atoms with Crippen LogP contribution in [0.2, 0.25) is 18.6 Å². The maximum atomic E-state index is 14.9. The fraction of sp³-hybridized carbons (Fsp3) is 0.317. The number of aliphatic hydroxyl groups is 1. The molecular weight excluding hydrogens is 673 g/mol. The molecular formula is C41H42N4O6Si. The van der Waals surface area contributed by atoms with E-state index >= 15 is 0 Å². The van der Waals surface area contributed by atoms with Gasteiger partial charge in [0.05, 0.1) is 54.7 Å². The summed E-state index contributed by atoms with van der Waals surface area (Å²) < 4.78 is 8.29. The number of hydrogen-bond donors (Lipinski definition) is 2. The number of hydrogen-bond acceptors (Lipinski definition) is 7. The molecule has 0 unspecified atom stereocenters. The van der Waals surface area contributed by atoms with Crippen LogP contribution in [-0.2, 0) is 39.4 Å². The summed E-state index contributed by atoms with van der Waals surface area (Å²) in [4.78, 5) is 57.3. The molecule has 3 aliphatic heterocycles. The monoisotopic (exact) mass is 714 g/mol. The summed E-state index contributed by atoms with van der Waals surface area (Å²) in [5.74, 6) is -0.808. The second-order valence-corrected chi connectivity index (χ2v) is 18.9. The summed E-state index contributed by atoms with van der Waals surface area (Å²) in [5.41, 5.74) is 3.10. The molecule has 0 bridgehead atoms. The highest BCUT2D eigenvalue weighted by Crippen LogP contribution is 2.59. The Morgan fingerprint density at radius 3 is 2.38 bits per heavy atom. The molecule has 0 aliphatic carbocycles. The van der Waals surface area contributed by atoms with Gasteiger partial charge in [-0.05, 0) is 60.5 Å². The summed E-state index contributed by atoms with van der Waals surface area (Å²) in [5, 5.41) is 16.0. The van der Waals surface area contributed by atoms with Gasteiger partial charge in [0.1, 0.15) is 0 Å². The van der Waals surface area contributed by atoms with Gasteiger partial charge in [-0.25, -0.2) is 0 Å². The van der Waals surface area contributed by atoms with Crippen molar-refractivity contribution in [3.63, 3.8) is 0 Å². The highest BCUT2D eigenvalue weighted by molar-refractivity contribution is 6.71. The van der Waals surface area contributed by atoms with Crippen LogP contribution in [0.15, 0.2) is 108 Å². The van der Waals surface area contributed by atoms with Crippen LogP contribution < -0.4 is 10.5 Å². The van der Waals surface area contributed by atoms with Crippen molar-refractivity contribution in [1.82, 2.24) is 14.7 Å². The lowest BCUT2D eigenvalue weighted by atomic mass is 9.82. The molecule has 10 nitrogen and oxygen atoms in total. The number of carbonyl (C=O) groups excluding carboxylic acids is 2. The summed E-state index contributed by atoms with van der Waals surface area (Å²) in [6, 6.07) is 30.0. The van der Waals surface area contributed by atoms with Crippen LogP contribution in [0, 0.1) is 5.92 Å². The van der Waals surface area contributed by atoms with Gasteiger partial charge in [-0.2, -0.15) is 9.78 Å². The van der Waals surface area contributed by atoms with E-state index in [0.717, 1.165) is 33.3 Å². The smallest absolute Gasteiger partial charge is 0.279 e. The second-order valence-electron chi connectivity index (χ2n) is 14.9. The number of para-hydroxylation sites is 1. The molecule has 1 saturated heterocycles. The fourth-order valence-electron chi connectivity index (χ4n) is 8.92. The normalized spacial score (nSPS) is 24.1. The number of carbonyl (C=O) groups is 2. The van der Waals surface area contributed by atoms with Crippen LogP contribution in [0.4, 0.5) is 5.69 Å². The number of nitrogens with zero attached hydrogens (tertiary/aromatic N) is 4. The Kier molecular flexibility index (Phi) is 8.49. The number of benzene rings is 4. The lowest BCUT2D eigenvalue weighted by Gasteiger charge is -2.37. The van der Waals surface area contributed by atoms with E-state index in [2.05, 4.69) is 5.10 Å². The highest BCUT2D eigenvalue weighted by atomic mass is 28.4. The number of aromatic nitrogens is 2. The van der Waals surface area contributed by atoms with E-state index in [1.54, 1.807) is 22.1 Å². The van der Waals surface area contributed by atoms with E-state index in [-0.39, 0.29) is 43.0 Å². The van der Waals surface area contributed by atoms with Crippen LogP contribution in [-0.4, -0.2) is 63.5 Å². The van der Waals surface area contributed by atoms with Crippen molar-refractivity contribution in [3.8, 4) is 5.69 Å². The lowest BCUT2D eigenvalue weighted by Crippen LogP contribution is -2.48. The Morgan fingerprint density at radius 2 is 1.63 bits per heavy atom. The standard InChI is InChI=1S/C41H42N4O6Si/c1-26-38(52(2,3)50)36(21-37(47)43-24-30-12-5-4-10-28(30)20-32(43)25-46)51-41(26)34-14-8-9-15-35(34)44(40(41)49)23-27-16-18-31(19-17-27)45-39(48)33-13-7-6-11-29(33)22-42-45/h4-19,22,26,32,36,38,46,50H,20-21,23-25H2,1-3H3/t26-,32-,36+,38-,41+/m0/s1. The summed E-state index contributed by atoms with van der Waals surface area (Å²) in [7, 11) is -3.00. The van der Waals surface area contributed by atoms with Crippen molar-refractivity contribution in [2.45, 2.75) is 69.2 Å². The molecule has 266 valence electrons. The fourth-order valence-corrected chi connectivity index (χ4v) is 11.5. The van der Waals surface area contributed by atoms with Crippen LogP contribution in [0.1, 0.15) is 35.6 Å². The van der Waals surface area contributed by atoms with Crippen molar-refractivity contribution in [2.24, 2.45) is 5.92 Å². The summed E-state index contributed by atoms with van der Waals surface area (Å²) in [6.07, 6.45) is 1.53. The number of ether oxygens (including phenoxy) is 1. The van der Waals surface area contributed by atoms with Gasteiger partial charge >= 0.3 is 0 Å². The van der Waals surface area contributed by atoms with Crippen molar-refractivity contribution < 1.29 is 24.2 Å². The summed E-state index contributed by atoms with van der Waals surface area (Å²) in [6.45, 7) is 6.15. The van der Waals surface area contributed by atoms with Crippen LogP contribution >= 0.6 is 0 Å². The van der Waals surface area contributed by atoms with Crippen LogP contribution in [0.25, 0.3) is 16.5 Å². The number of anilines is 1. The Hall–Kier alpha value is -4.94. The number of rotatable bonds is 7. The quantitative estimate of drug-likeness (QED) is 0.226. The first kappa shape index (κ1) is 34.2. The molecule has 52 heavy (non-hydrogen) atoms. The molecule has 5 atom stereocenters. The highest BCUT2D eigenvalue weighted by Gasteiger charge is 2.66. The van der Waals surface area contributed by atoms with Gasteiger partial charge in [-0.15, -0.1) is 0 Å². The third-order valence-corrected chi connectivity index (χ3v) is 13.9. The first-order chi connectivity index (χ1) is 25.0.